The number of ether oxygens (including phenoxy) is 1. The molecule has 0 saturated heterocycles. The van der Waals surface area contributed by atoms with Gasteiger partial charge in [0, 0.05) is 11.8 Å². The first kappa shape index (κ1) is 28.0. The zero-order chi connectivity index (χ0) is 26.4. The van der Waals surface area contributed by atoms with E-state index in [-0.39, 0.29) is 23.0 Å². The van der Waals surface area contributed by atoms with E-state index in [1.807, 2.05) is 25.1 Å². The molecule has 3 aromatic rings. The highest BCUT2D eigenvalue weighted by molar-refractivity contribution is 6.74. The molecule has 3 atom stereocenters. The molecule has 0 heterocycles. The summed E-state index contributed by atoms with van der Waals surface area (Å²) in [7, 11) is -2.09. The molecule has 0 bridgehead atoms. The van der Waals surface area contributed by atoms with Crippen LogP contribution in [0.15, 0.2) is 91.0 Å². The van der Waals surface area contributed by atoms with E-state index in [0.717, 1.165) is 23.0 Å². The highest BCUT2D eigenvalue weighted by Crippen LogP contribution is 2.42. The average Bonchev–Trinajstić information content (AvgIpc) is 2.88. The van der Waals surface area contributed by atoms with Crippen LogP contribution in [-0.2, 0) is 19.6 Å². The number of benzene rings is 3. The minimum atomic E-state index is -2.09. The lowest BCUT2D eigenvalue weighted by Gasteiger charge is -2.43. The van der Waals surface area contributed by atoms with Crippen molar-refractivity contribution < 1.29 is 14.0 Å². The molecule has 192 valence electrons. The standard InChI is InChI=1S/C32H42O3Si/c1-25(23-33)30(35-36(6,7)31(3,4)5)26(2)24-34-32(27-17-11-8-12-18-27,28-19-13-9-14-20-28)29-21-15-10-16-22-29/h8-23,25-26,30H,24H2,1-7H3/t25-,26+,30+/m1/s1. The first-order valence-corrected chi connectivity index (χ1v) is 15.9. The summed E-state index contributed by atoms with van der Waals surface area (Å²) in [5, 5.41) is 0.0519. The summed E-state index contributed by atoms with van der Waals surface area (Å²) in [5.74, 6) is -0.216. The molecule has 3 aromatic carbocycles. The molecule has 4 heteroatoms. The molecule has 0 aliphatic carbocycles. The maximum Gasteiger partial charge on any atom is 0.192 e. The Morgan fingerprint density at radius 1 is 0.750 bits per heavy atom. The SMILES string of the molecule is C[C@H](C=O)[C@H](O[Si](C)(C)C(C)(C)C)[C@@H](C)COC(c1ccccc1)(c1ccccc1)c1ccccc1. The van der Waals surface area contributed by atoms with Crippen molar-refractivity contribution in [1.82, 2.24) is 0 Å². The fourth-order valence-electron chi connectivity index (χ4n) is 4.46. The topological polar surface area (TPSA) is 35.5 Å². The summed E-state index contributed by atoms with van der Waals surface area (Å²) < 4.78 is 13.9. The van der Waals surface area contributed by atoms with Crippen LogP contribution in [0, 0.1) is 11.8 Å². The largest absolute Gasteiger partial charge is 0.413 e. The summed E-state index contributed by atoms with van der Waals surface area (Å²) in [5.41, 5.74) is 2.42. The predicted molar refractivity (Wildman–Crippen MR) is 152 cm³/mol. The van der Waals surface area contributed by atoms with Gasteiger partial charge in [-0.2, -0.15) is 0 Å². The van der Waals surface area contributed by atoms with Crippen LogP contribution in [0.3, 0.4) is 0 Å². The van der Waals surface area contributed by atoms with Crippen molar-refractivity contribution in [3.05, 3.63) is 108 Å². The van der Waals surface area contributed by atoms with Gasteiger partial charge in [-0.05, 0) is 34.8 Å². The Morgan fingerprint density at radius 3 is 1.47 bits per heavy atom. The normalized spacial score (nSPS) is 15.2. The van der Waals surface area contributed by atoms with Gasteiger partial charge in [0.1, 0.15) is 11.9 Å². The molecule has 0 amide bonds. The van der Waals surface area contributed by atoms with E-state index in [2.05, 4.69) is 114 Å². The van der Waals surface area contributed by atoms with Crippen LogP contribution < -0.4 is 0 Å². The second-order valence-electron chi connectivity index (χ2n) is 11.4. The van der Waals surface area contributed by atoms with E-state index < -0.39 is 13.9 Å². The van der Waals surface area contributed by atoms with Crippen molar-refractivity contribution in [3.8, 4) is 0 Å². The second kappa shape index (κ2) is 11.7. The van der Waals surface area contributed by atoms with Crippen LogP contribution in [0.2, 0.25) is 18.1 Å². The zero-order valence-corrected chi connectivity index (χ0v) is 23.9. The van der Waals surface area contributed by atoms with E-state index in [9.17, 15) is 4.79 Å². The number of rotatable bonds is 11. The maximum atomic E-state index is 11.9. The molecule has 0 fully saturated rings. The Kier molecular flexibility index (Phi) is 9.10. The minimum Gasteiger partial charge on any atom is -0.413 e. The van der Waals surface area contributed by atoms with Gasteiger partial charge in [-0.25, -0.2) is 0 Å². The number of hydrogen-bond donors (Lipinski definition) is 0. The highest BCUT2D eigenvalue weighted by atomic mass is 28.4. The smallest absolute Gasteiger partial charge is 0.192 e. The lowest BCUT2D eigenvalue weighted by atomic mass is 9.80. The van der Waals surface area contributed by atoms with Gasteiger partial charge < -0.3 is 14.0 Å². The number of aldehydes is 1. The zero-order valence-electron chi connectivity index (χ0n) is 22.9. The van der Waals surface area contributed by atoms with Gasteiger partial charge >= 0.3 is 0 Å². The number of carbonyl (C=O) groups is 1. The lowest BCUT2D eigenvalue weighted by Crippen LogP contribution is -2.48. The Hall–Kier alpha value is -2.53. The minimum absolute atomic E-state index is 0.00911. The molecular weight excluding hydrogens is 460 g/mol. The van der Waals surface area contributed by atoms with Crippen molar-refractivity contribution in [2.24, 2.45) is 11.8 Å². The molecule has 0 N–H and O–H groups in total. The Labute approximate surface area is 219 Å². The Balaban J connectivity index is 2.05. The lowest BCUT2D eigenvalue weighted by molar-refractivity contribution is -0.115. The van der Waals surface area contributed by atoms with Crippen molar-refractivity contribution in [1.29, 1.82) is 0 Å². The van der Waals surface area contributed by atoms with Gasteiger partial charge in [0.25, 0.3) is 0 Å². The fourth-order valence-corrected chi connectivity index (χ4v) is 5.94. The molecule has 0 aliphatic rings. The van der Waals surface area contributed by atoms with Gasteiger partial charge in [0.2, 0.25) is 0 Å². The van der Waals surface area contributed by atoms with Crippen molar-refractivity contribution in [3.63, 3.8) is 0 Å². The molecule has 0 spiro atoms. The Bertz CT molecular complexity index is 978. The van der Waals surface area contributed by atoms with Crippen LogP contribution in [0.1, 0.15) is 51.3 Å². The van der Waals surface area contributed by atoms with Gasteiger partial charge in [0.15, 0.2) is 8.32 Å². The van der Waals surface area contributed by atoms with Crippen molar-refractivity contribution in [2.45, 2.75) is 64.5 Å². The van der Waals surface area contributed by atoms with Crippen LogP contribution in [0.5, 0.6) is 0 Å². The van der Waals surface area contributed by atoms with Crippen LogP contribution >= 0.6 is 0 Å². The van der Waals surface area contributed by atoms with E-state index in [0.29, 0.717) is 6.61 Å². The summed E-state index contributed by atoms with van der Waals surface area (Å²) in [6, 6.07) is 31.2. The third-order valence-corrected chi connectivity index (χ3v) is 12.1. The summed E-state index contributed by atoms with van der Waals surface area (Å²) >= 11 is 0. The number of hydrogen-bond acceptors (Lipinski definition) is 3. The predicted octanol–water partition coefficient (Wildman–Crippen LogP) is 7.86. The van der Waals surface area contributed by atoms with E-state index in [1.165, 1.54) is 0 Å². The first-order chi connectivity index (χ1) is 17.0. The molecule has 0 unspecified atom stereocenters. The molecule has 0 aliphatic heterocycles. The summed E-state index contributed by atoms with van der Waals surface area (Å²) in [4.78, 5) is 11.9. The maximum absolute atomic E-state index is 11.9. The molecule has 3 rings (SSSR count). The molecule has 3 nitrogen and oxygen atoms in total. The average molecular weight is 503 g/mol. The van der Waals surface area contributed by atoms with Crippen molar-refractivity contribution in [2.75, 3.05) is 6.61 Å². The molecule has 0 aromatic heterocycles. The molecule has 0 radical (unpaired) electrons. The van der Waals surface area contributed by atoms with E-state index >= 15 is 0 Å². The molecule has 0 saturated carbocycles. The second-order valence-corrected chi connectivity index (χ2v) is 16.2. The third kappa shape index (κ3) is 6.05. The van der Waals surface area contributed by atoms with Gasteiger partial charge in [0.05, 0.1) is 12.7 Å². The molecule has 36 heavy (non-hydrogen) atoms. The van der Waals surface area contributed by atoms with Crippen molar-refractivity contribution >= 4 is 14.6 Å². The Morgan fingerprint density at radius 2 is 1.14 bits per heavy atom. The summed E-state index contributed by atoms with van der Waals surface area (Å²) in [6.07, 6.45) is 0.802. The number of carbonyl (C=O) groups excluding carboxylic acids is 1. The van der Waals surface area contributed by atoms with Crippen LogP contribution in [0.25, 0.3) is 0 Å². The molecular formula is C32H42O3Si. The quantitative estimate of drug-likeness (QED) is 0.152. The summed E-state index contributed by atoms with van der Waals surface area (Å²) in [6.45, 7) is 15.7. The van der Waals surface area contributed by atoms with Gasteiger partial charge in [-0.1, -0.05) is 126 Å². The fraction of sp³-hybridized carbons (Fsp3) is 0.406. The van der Waals surface area contributed by atoms with Crippen LogP contribution in [0.4, 0.5) is 0 Å². The van der Waals surface area contributed by atoms with Gasteiger partial charge in [-0.15, -0.1) is 0 Å². The first-order valence-electron chi connectivity index (χ1n) is 13.0. The van der Waals surface area contributed by atoms with Crippen LogP contribution in [-0.4, -0.2) is 27.3 Å². The van der Waals surface area contributed by atoms with E-state index in [4.69, 9.17) is 9.16 Å². The third-order valence-electron chi connectivity index (χ3n) is 7.63. The van der Waals surface area contributed by atoms with E-state index in [1.54, 1.807) is 0 Å². The highest BCUT2D eigenvalue weighted by Gasteiger charge is 2.43. The monoisotopic (exact) mass is 502 g/mol. The van der Waals surface area contributed by atoms with Gasteiger partial charge in [-0.3, -0.25) is 0 Å².